The first-order chi connectivity index (χ1) is 16.0. The van der Waals surface area contributed by atoms with Crippen LogP contribution < -0.4 is 15.4 Å². The lowest BCUT2D eigenvalue weighted by Gasteiger charge is -2.44. The minimum absolute atomic E-state index is 0.0170. The van der Waals surface area contributed by atoms with Gasteiger partial charge in [0, 0.05) is 30.6 Å². The summed E-state index contributed by atoms with van der Waals surface area (Å²) in [7, 11) is 1.37. The number of benzene rings is 1. The van der Waals surface area contributed by atoms with Gasteiger partial charge in [0.1, 0.15) is 11.2 Å². The number of fused-ring (bicyclic) bond motifs is 1. The van der Waals surface area contributed by atoms with Gasteiger partial charge < -0.3 is 20.5 Å². The number of nitrogens with one attached hydrogen (secondary N) is 3. The van der Waals surface area contributed by atoms with Crippen LogP contribution in [0.5, 0.6) is 5.88 Å². The number of ether oxygens (including phenoxy) is 1. The van der Waals surface area contributed by atoms with E-state index in [1.807, 2.05) is 0 Å². The summed E-state index contributed by atoms with van der Waals surface area (Å²) in [4.78, 5) is 4.23. The van der Waals surface area contributed by atoms with E-state index in [0.29, 0.717) is 16.6 Å². The summed E-state index contributed by atoms with van der Waals surface area (Å²) in [5, 5.41) is 22.6. The maximum atomic E-state index is 12.9. The van der Waals surface area contributed by atoms with E-state index in [2.05, 4.69) is 25.8 Å². The molecule has 1 fully saturated rings. The lowest BCUT2D eigenvalue weighted by Crippen LogP contribution is -2.59. The van der Waals surface area contributed by atoms with Gasteiger partial charge in [0.15, 0.2) is 5.60 Å². The van der Waals surface area contributed by atoms with E-state index >= 15 is 0 Å². The first kappa shape index (κ1) is 23.6. The number of aromatic nitrogens is 3. The number of halogens is 5. The van der Waals surface area contributed by atoms with Crippen molar-refractivity contribution in [3.8, 4) is 17.0 Å². The molecule has 1 aromatic carbocycles. The van der Waals surface area contributed by atoms with Crippen molar-refractivity contribution in [1.29, 1.82) is 5.53 Å². The van der Waals surface area contributed by atoms with Crippen molar-refractivity contribution in [2.45, 2.75) is 37.1 Å². The normalized spacial score (nSPS) is 20.3. The molecule has 2 heterocycles. The van der Waals surface area contributed by atoms with Crippen molar-refractivity contribution in [2.75, 3.05) is 24.3 Å². The van der Waals surface area contributed by atoms with Crippen LogP contribution >= 0.6 is 0 Å². The molecule has 14 heteroatoms. The molecule has 1 saturated carbocycles. The van der Waals surface area contributed by atoms with Gasteiger partial charge >= 0.3 is 6.18 Å². The third-order valence-electron chi connectivity index (χ3n) is 5.58. The molecule has 0 radical (unpaired) electrons. The summed E-state index contributed by atoms with van der Waals surface area (Å²) < 4.78 is 70.7. The van der Waals surface area contributed by atoms with E-state index < -0.39 is 43.6 Å². The third-order valence-corrected chi connectivity index (χ3v) is 5.58. The second kappa shape index (κ2) is 8.66. The molecule has 9 nitrogen and oxygen atoms in total. The Morgan fingerprint density at radius 1 is 1.32 bits per heavy atom. The van der Waals surface area contributed by atoms with Crippen molar-refractivity contribution in [3.05, 3.63) is 30.5 Å². The van der Waals surface area contributed by atoms with Crippen LogP contribution in [0.15, 0.2) is 35.6 Å². The average Bonchev–Trinajstić information content (AvgIpc) is 3.19. The largest absolute Gasteiger partial charge is 0.479 e. The van der Waals surface area contributed by atoms with Crippen LogP contribution in [-0.4, -0.2) is 57.6 Å². The minimum atomic E-state index is -4.71. The predicted molar refractivity (Wildman–Crippen MR) is 112 cm³/mol. The summed E-state index contributed by atoms with van der Waals surface area (Å²) in [5.74, 6) is 0.141. The fraction of sp³-hybridized carbons (Fsp3) is 0.400. The Bertz CT molecular complexity index is 1210. The molecule has 0 aliphatic heterocycles. The second-order valence-corrected chi connectivity index (χ2v) is 7.86. The molecule has 0 atom stereocenters. The quantitative estimate of drug-likeness (QED) is 0.273. The van der Waals surface area contributed by atoms with E-state index in [4.69, 9.17) is 10.3 Å². The molecule has 0 saturated heterocycles. The molecule has 0 bridgehead atoms. The van der Waals surface area contributed by atoms with Gasteiger partial charge in [-0.2, -0.15) is 23.3 Å². The Morgan fingerprint density at radius 2 is 2.06 bits per heavy atom. The highest BCUT2D eigenvalue weighted by molar-refractivity contribution is 5.87. The van der Waals surface area contributed by atoms with Gasteiger partial charge in [0.25, 0.3) is 6.43 Å². The number of rotatable bonds is 8. The lowest BCUT2D eigenvalue weighted by atomic mass is 9.75. The van der Waals surface area contributed by atoms with Gasteiger partial charge in [-0.15, -0.1) is 5.10 Å². The van der Waals surface area contributed by atoms with Crippen molar-refractivity contribution in [1.82, 2.24) is 14.6 Å². The Hall–Kier alpha value is -3.55. The van der Waals surface area contributed by atoms with Crippen LogP contribution in [-0.2, 0) is 0 Å². The minimum Gasteiger partial charge on any atom is -0.479 e. The number of alkyl halides is 5. The number of hydrogen-bond acceptors (Lipinski definition) is 8. The molecule has 0 unspecified atom stereocenters. The maximum Gasteiger partial charge on any atom is 0.417 e. The maximum absolute atomic E-state index is 12.9. The summed E-state index contributed by atoms with van der Waals surface area (Å²) >= 11 is 0. The molecule has 1 aliphatic rings. The van der Waals surface area contributed by atoms with Gasteiger partial charge in [-0.25, -0.2) is 18.8 Å². The van der Waals surface area contributed by atoms with E-state index in [1.54, 1.807) is 24.4 Å². The van der Waals surface area contributed by atoms with E-state index in [0.717, 1.165) is 0 Å². The fourth-order valence-corrected chi connectivity index (χ4v) is 3.83. The molecule has 4 N–H and O–H groups in total. The van der Waals surface area contributed by atoms with Crippen LogP contribution in [0.2, 0.25) is 0 Å². The molecule has 3 aromatic rings. The Balaban J connectivity index is 1.63. The summed E-state index contributed by atoms with van der Waals surface area (Å²) in [6.07, 6.45) is -6.78. The number of methoxy groups -OCH3 is 1. The van der Waals surface area contributed by atoms with Gasteiger partial charge in [-0.05, 0) is 23.8 Å². The monoisotopic (exact) mass is 485 g/mol. The highest BCUT2D eigenvalue weighted by atomic mass is 19.4. The van der Waals surface area contributed by atoms with Gasteiger partial charge in [-0.3, -0.25) is 0 Å². The highest BCUT2D eigenvalue weighted by Gasteiger charge is 2.61. The summed E-state index contributed by atoms with van der Waals surface area (Å²) in [6, 6.07) is 5.72. The first-order valence-corrected chi connectivity index (χ1v) is 10.1. The first-order valence-electron chi connectivity index (χ1n) is 10.1. The summed E-state index contributed by atoms with van der Waals surface area (Å²) in [6.45, 7) is -0.616. The Labute approximate surface area is 189 Å². The zero-order chi connectivity index (χ0) is 24.7. The van der Waals surface area contributed by atoms with Crippen LogP contribution in [0.1, 0.15) is 12.8 Å². The fourth-order valence-electron chi connectivity index (χ4n) is 3.83. The van der Waals surface area contributed by atoms with E-state index in [-0.39, 0.29) is 23.2 Å². The third kappa shape index (κ3) is 4.32. The van der Waals surface area contributed by atoms with Crippen LogP contribution in [0.4, 0.5) is 39.3 Å². The molecule has 182 valence electrons. The SMILES string of the molecule is COc1nc(NC2CC(O)(C(F)(F)F)C2)nn2ccc(-c3ccc(N=N)c(NCC(F)F)c3)c12. The molecule has 0 spiro atoms. The zero-order valence-corrected chi connectivity index (χ0v) is 17.7. The highest BCUT2D eigenvalue weighted by Crippen LogP contribution is 2.46. The lowest BCUT2D eigenvalue weighted by molar-refractivity contribution is -0.288. The number of nitrogens with zero attached hydrogens (tertiary/aromatic N) is 4. The van der Waals surface area contributed by atoms with Crippen LogP contribution in [0.3, 0.4) is 0 Å². The zero-order valence-electron chi connectivity index (χ0n) is 17.7. The average molecular weight is 485 g/mol. The number of hydrogen-bond donors (Lipinski definition) is 4. The molecular weight excluding hydrogens is 465 g/mol. The van der Waals surface area contributed by atoms with Gasteiger partial charge in [-0.1, -0.05) is 6.07 Å². The number of anilines is 2. The van der Waals surface area contributed by atoms with Crippen molar-refractivity contribution in [2.24, 2.45) is 5.11 Å². The van der Waals surface area contributed by atoms with Crippen molar-refractivity contribution in [3.63, 3.8) is 0 Å². The van der Waals surface area contributed by atoms with Crippen LogP contribution in [0, 0.1) is 5.53 Å². The topological polar surface area (TPSA) is 120 Å². The van der Waals surface area contributed by atoms with E-state index in [1.165, 1.54) is 17.7 Å². The Kier molecular flexibility index (Phi) is 6.02. The molecular formula is C20H20F5N7O2. The molecule has 2 aromatic heterocycles. The van der Waals surface area contributed by atoms with Gasteiger partial charge in [0.05, 0.1) is 19.3 Å². The Morgan fingerprint density at radius 3 is 2.68 bits per heavy atom. The predicted octanol–water partition coefficient (Wildman–Crippen LogP) is 4.61. The second-order valence-electron chi connectivity index (χ2n) is 7.86. The molecule has 1 aliphatic carbocycles. The van der Waals surface area contributed by atoms with E-state index in [9.17, 15) is 27.1 Å². The molecule has 34 heavy (non-hydrogen) atoms. The van der Waals surface area contributed by atoms with Gasteiger partial charge in [0.2, 0.25) is 11.8 Å². The van der Waals surface area contributed by atoms with Crippen LogP contribution in [0.25, 0.3) is 16.6 Å². The van der Waals surface area contributed by atoms with Crippen molar-refractivity contribution >= 4 is 22.8 Å². The van der Waals surface area contributed by atoms with Crippen molar-refractivity contribution < 1.29 is 31.8 Å². The molecule has 0 amide bonds. The smallest absolute Gasteiger partial charge is 0.417 e. The number of aliphatic hydroxyl groups is 1. The summed E-state index contributed by atoms with van der Waals surface area (Å²) in [5.41, 5.74) is 6.55. The molecule has 4 rings (SSSR count). The standard InChI is InChI=1S/C20H20F5N7O2/c1-34-17-16-12(10-2-3-13(30-26)14(6-10)27-9-15(21)22)4-5-32(16)31-18(29-17)28-11-7-19(33,8-11)20(23,24)25/h2-6,11,15,26-27,33H,7-9H2,1H3,(H,28,31).